The lowest BCUT2D eigenvalue weighted by Crippen LogP contribution is -2.40. The van der Waals surface area contributed by atoms with Gasteiger partial charge in [-0.25, -0.2) is 0 Å². The molecule has 0 bridgehead atoms. The molecule has 0 spiro atoms. The average molecular weight is 457 g/mol. The second-order valence-electron chi connectivity index (χ2n) is 5.99. The summed E-state index contributed by atoms with van der Waals surface area (Å²) in [6.45, 7) is 8.47. The fourth-order valence-electron chi connectivity index (χ4n) is 2.06. The molecule has 1 aliphatic carbocycles. The summed E-state index contributed by atoms with van der Waals surface area (Å²) >= 11 is 0. The summed E-state index contributed by atoms with van der Waals surface area (Å²) in [5, 5.41) is 3.34. The molecule has 0 atom stereocenters. The lowest BCUT2D eigenvalue weighted by molar-refractivity contribution is 0.0690. The number of ether oxygens (including phenoxy) is 3. The summed E-state index contributed by atoms with van der Waals surface area (Å²) < 4.78 is 16.1. The van der Waals surface area contributed by atoms with Crippen molar-refractivity contribution in [2.45, 2.75) is 32.6 Å². The minimum Gasteiger partial charge on any atom is -0.382 e. The summed E-state index contributed by atoms with van der Waals surface area (Å²) in [7, 11) is 3.75. The molecule has 0 aromatic heterocycles. The molecule has 0 saturated heterocycles. The lowest BCUT2D eigenvalue weighted by atomic mass is 10.3. The molecular formula is C17H36IN3O3. The molecule has 1 aliphatic rings. The molecular weight excluding hydrogens is 421 g/mol. The summed E-state index contributed by atoms with van der Waals surface area (Å²) in [6.07, 6.45) is 4.75. The largest absolute Gasteiger partial charge is 0.382 e. The summed E-state index contributed by atoms with van der Waals surface area (Å²) in [4.78, 5) is 6.81. The Kier molecular flexibility index (Phi) is 16.3. The van der Waals surface area contributed by atoms with E-state index in [1.54, 1.807) is 7.11 Å². The number of aliphatic imine (C=N–C) groups is 1. The Labute approximate surface area is 164 Å². The van der Waals surface area contributed by atoms with E-state index in [9.17, 15) is 0 Å². The first kappa shape index (κ1) is 23.9. The third-order valence-corrected chi connectivity index (χ3v) is 3.71. The van der Waals surface area contributed by atoms with Gasteiger partial charge in [-0.2, -0.15) is 0 Å². The van der Waals surface area contributed by atoms with Gasteiger partial charge >= 0.3 is 0 Å². The highest BCUT2D eigenvalue weighted by atomic mass is 127. The van der Waals surface area contributed by atoms with Gasteiger partial charge in [0.25, 0.3) is 0 Å². The van der Waals surface area contributed by atoms with Crippen molar-refractivity contribution in [3.8, 4) is 0 Å². The van der Waals surface area contributed by atoms with Crippen LogP contribution in [0, 0.1) is 5.92 Å². The van der Waals surface area contributed by atoms with E-state index in [0.717, 1.165) is 64.2 Å². The average Bonchev–Trinajstić information content (AvgIpc) is 3.37. The Hall–Kier alpha value is -0.120. The quantitative estimate of drug-likeness (QED) is 0.188. The van der Waals surface area contributed by atoms with E-state index < -0.39 is 0 Å². The lowest BCUT2D eigenvalue weighted by Gasteiger charge is -2.22. The van der Waals surface area contributed by atoms with Gasteiger partial charge in [0.15, 0.2) is 5.96 Å². The fourth-order valence-corrected chi connectivity index (χ4v) is 2.06. The number of guanidine groups is 1. The van der Waals surface area contributed by atoms with Crippen LogP contribution in [0.15, 0.2) is 4.99 Å². The van der Waals surface area contributed by atoms with Gasteiger partial charge in [-0.3, -0.25) is 4.99 Å². The predicted octanol–water partition coefficient (Wildman–Crippen LogP) is 2.37. The molecule has 1 rings (SSSR count). The van der Waals surface area contributed by atoms with Gasteiger partial charge in [0.1, 0.15) is 0 Å². The van der Waals surface area contributed by atoms with E-state index in [2.05, 4.69) is 29.2 Å². The second kappa shape index (κ2) is 16.4. The van der Waals surface area contributed by atoms with Crippen LogP contribution in [0.4, 0.5) is 0 Å². The Balaban J connectivity index is 0.00000529. The maximum Gasteiger partial charge on any atom is 0.193 e. The SMILES string of the molecule is CCNC(=NCCCCOCCOC)N(C)CCOCC1CC1.I. The highest BCUT2D eigenvalue weighted by Crippen LogP contribution is 2.28. The molecule has 1 fully saturated rings. The van der Waals surface area contributed by atoms with Crippen molar-refractivity contribution in [1.29, 1.82) is 0 Å². The van der Waals surface area contributed by atoms with E-state index in [1.807, 2.05) is 0 Å². The minimum absolute atomic E-state index is 0. The van der Waals surface area contributed by atoms with Gasteiger partial charge in [0.2, 0.25) is 0 Å². The molecule has 7 heteroatoms. The molecule has 0 amide bonds. The van der Waals surface area contributed by atoms with Crippen LogP contribution >= 0.6 is 24.0 Å². The van der Waals surface area contributed by atoms with Crippen LogP contribution in [0.5, 0.6) is 0 Å². The minimum atomic E-state index is 0. The number of hydrogen-bond acceptors (Lipinski definition) is 4. The van der Waals surface area contributed by atoms with Crippen LogP contribution < -0.4 is 5.32 Å². The topological polar surface area (TPSA) is 55.3 Å². The molecule has 1 N–H and O–H groups in total. The molecule has 6 nitrogen and oxygen atoms in total. The summed E-state index contributed by atoms with van der Waals surface area (Å²) in [5.74, 6) is 1.79. The van der Waals surface area contributed by atoms with Crippen molar-refractivity contribution >= 4 is 29.9 Å². The summed E-state index contributed by atoms with van der Waals surface area (Å²) in [6, 6.07) is 0. The number of methoxy groups -OCH3 is 1. The van der Waals surface area contributed by atoms with Crippen molar-refractivity contribution in [2.75, 3.05) is 66.8 Å². The molecule has 0 aliphatic heterocycles. The van der Waals surface area contributed by atoms with Crippen LogP contribution in [-0.2, 0) is 14.2 Å². The van der Waals surface area contributed by atoms with E-state index >= 15 is 0 Å². The van der Waals surface area contributed by atoms with Crippen LogP contribution in [-0.4, -0.2) is 77.7 Å². The van der Waals surface area contributed by atoms with E-state index in [4.69, 9.17) is 14.2 Å². The first-order valence-corrected chi connectivity index (χ1v) is 8.91. The van der Waals surface area contributed by atoms with Gasteiger partial charge in [0, 0.05) is 47.0 Å². The van der Waals surface area contributed by atoms with E-state index in [0.29, 0.717) is 13.2 Å². The number of halogens is 1. The first-order valence-electron chi connectivity index (χ1n) is 8.91. The molecule has 0 aromatic rings. The zero-order valence-corrected chi connectivity index (χ0v) is 17.9. The zero-order chi connectivity index (χ0) is 16.8. The van der Waals surface area contributed by atoms with Crippen molar-refractivity contribution in [2.24, 2.45) is 10.9 Å². The van der Waals surface area contributed by atoms with E-state index in [-0.39, 0.29) is 24.0 Å². The Morgan fingerprint density at radius 1 is 1.12 bits per heavy atom. The monoisotopic (exact) mass is 457 g/mol. The van der Waals surface area contributed by atoms with Gasteiger partial charge in [-0.05, 0) is 38.5 Å². The van der Waals surface area contributed by atoms with Gasteiger partial charge in [-0.15, -0.1) is 24.0 Å². The Morgan fingerprint density at radius 2 is 1.92 bits per heavy atom. The summed E-state index contributed by atoms with van der Waals surface area (Å²) in [5.41, 5.74) is 0. The maximum atomic E-state index is 5.70. The number of nitrogens with zero attached hydrogens (tertiary/aromatic N) is 2. The van der Waals surface area contributed by atoms with Gasteiger partial charge < -0.3 is 24.4 Å². The predicted molar refractivity (Wildman–Crippen MR) is 109 cm³/mol. The third kappa shape index (κ3) is 13.2. The van der Waals surface area contributed by atoms with Crippen molar-refractivity contribution in [3.05, 3.63) is 0 Å². The highest BCUT2D eigenvalue weighted by Gasteiger charge is 2.21. The number of likely N-dealkylation sites (N-methyl/N-ethyl adjacent to an activating group) is 1. The van der Waals surface area contributed by atoms with Crippen LogP contribution in [0.3, 0.4) is 0 Å². The van der Waals surface area contributed by atoms with Gasteiger partial charge in [-0.1, -0.05) is 0 Å². The van der Waals surface area contributed by atoms with Gasteiger partial charge in [0.05, 0.1) is 19.8 Å². The number of unbranched alkanes of at least 4 members (excludes halogenated alkanes) is 1. The maximum absolute atomic E-state index is 5.70. The normalized spacial score (nSPS) is 14.4. The number of rotatable bonds is 14. The van der Waals surface area contributed by atoms with Crippen LogP contribution in [0.2, 0.25) is 0 Å². The van der Waals surface area contributed by atoms with Crippen molar-refractivity contribution < 1.29 is 14.2 Å². The molecule has 0 radical (unpaired) electrons. The van der Waals surface area contributed by atoms with Crippen molar-refractivity contribution in [3.63, 3.8) is 0 Å². The van der Waals surface area contributed by atoms with E-state index in [1.165, 1.54) is 12.8 Å². The molecule has 0 heterocycles. The van der Waals surface area contributed by atoms with Crippen LogP contribution in [0.25, 0.3) is 0 Å². The first-order chi connectivity index (χ1) is 11.3. The smallest absolute Gasteiger partial charge is 0.193 e. The third-order valence-electron chi connectivity index (χ3n) is 3.71. The molecule has 24 heavy (non-hydrogen) atoms. The molecule has 0 aromatic carbocycles. The molecule has 144 valence electrons. The number of hydrogen-bond donors (Lipinski definition) is 1. The van der Waals surface area contributed by atoms with Crippen LogP contribution in [0.1, 0.15) is 32.6 Å². The fraction of sp³-hybridized carbons (Fsp3) is 0.941. The molecule has 0 unspecified atom stereocenters. The molecule has 1 saturated carbocycles. The highest BCUT2D eigenvalue weighted by molar-refractivity contribution is 14.0. The Morgan fingerprint density at radius 3 is 2.58 bits per heavy atom. The zero-order valence-electron chi connectivity index (χ0n) is 15.6. The number of nitrogens with one attached hydrogen (secondary N) is 1. The standard InChI is InChI=1S/C17H35N3O3.HI/c1-4-18-17(19-9-5-6-11-22-14-13-21-3)20(2)10-12-23-15-16-7-8-16;/h16H,4-15H2,1-3H3,(H,18,19);1H. The second-order valence-corrected chi connectivity index (χ2v) is 5.99. The Bertz CT molecular complexity index is 315. The van der Waals surface area contributed by atoms with Crippen molar-refractivity contribution in [1.82, 2.24) is 10.2 Å².